The fourth-order valence-electron chi connectivity index (χ4n) is 1.79. The summed E-state index contributed by atoms with van der Waals surface area (Å²) in [5, 5.41) is 0. The summed E-state index contributed by atoms with van der Waals surface area (Å²) in [6.45, 7) is 5.28. The van der Waals surface area contributed by atoms with Crippen molar-refractivity contribution in [2.75, 3.05) is 7.11 Å². The van der Waals surface area contributed by atoms with Gasteiger partial charge in [-0.2, -0.15) is 0 Å². The maximum atomic E-state index is 12.3. The van der Waals surface area contributed by atoms with Gasteiger partial charge in [-0.3, -0.25) is 9.59 Å². The van der Waals surface area contributed by atoms with E-state index in [0.717, 1.165) is 0 Å². The summed E-state index contributed by atoms with van der Waals surface area (Å²) in [7, 11) is 1.24. The molecule has 0 aromatic heterocycles. The molecule has 2 atom stereocenters. The van der Waals surface area contributed by atoms with E-state index in [1.54, 1.807) is 45.0 Å². The molecule has 20 heavy (non-hydrogen) atoms. The summed E-state index contributed by atoms with van der Waals surface area (Å²) < 4.78 is 9.97. The van der Waals surface area contributed by atoms with Gasteiger partial charge in [0.1, 0.15) is 17.6 Å². The van der Waals surface area contributed by atoms with Crippen LogP contribution in [0.5, 0.6) is 0 Å². The van der Waals surface area contributed by atoms with Crippen molar-refractivity contribution in [2.45, 2.75) is 38.3 Å². The van der Waals surface area contributed by atoms with Crippen molar-refractivity contribution in [3.05, 3.63) is 35.9 Å². The monoisotopic (exact) mass is 279 g/mol. The molecular weight excluding hydrogens is 258 g/mol. The maximum Gasteiger partial charge on any atom is 0.323 e. The number of carbonyl (C=O) groups excluding carboxylic acids is 2. The smallest absolute Gasteiger partial charge is 0.323 e. The number of esters is 2. The first kappa shape index (κ1) is 16.2. The summed E-state index contributed by atoms with van der Waals surface area (Å²) in [6, 6.07) is 7.74. The van der Waals surface area contributed by atoms with Crippen LogP contribution >= 0.6 is 0 Å². The number of nitrogens with two attached hydrogens (primary N) is 1. The largest absolute Gasteiger partial charge is 0.468 e. The van der Waals surface area contributed by atoms with Crippen LogP contribution in [0, 0.1) is 0 Å². The van der Waals surface area contributed by atoms with Crippen LogP contribution in [-0.4, -0.2) is 30.7 Å². The topological polar surface area (TPSA) is 78.6 Å². The number of ether oxygens (including phenoxy) is 2. The predicted molar refractivity (Wildman–Crippen MR) is 75.0 cm³/mol. The van der Waals surface area contributed by atoms with Gasteiger partial charge in [-0.15, -0.1) is 0 Å². The molecule has 0 bridgehead atoms. The second-order valence-electron chi connectivity index (χ2n) is 5.47. The SMILES string of the molecule is COC(=O)C(N)[C@@H](C(=O)OC(C)(C)C)c1ccccc1. The highest BCUT2D eigenvalue weighted by molar-refractivity contribution is 5.88. The molecule has 0 aliphatic rings. The van der Waals surface area contributed by atoms with Gasteiger partial charge in [0.25, 0.3) is 0 Å². The van der Waals surface area contributed by atoms with Gasteiger partial charge in [-0.25, -0.2) is 0 Å². The molecular formula is C15H21NO4. The van der Waals surface area contributed by atoms with E-state index in [1.807, 2.05) is 6.07 Å². The lowest BCUT2D eigenvalue weighted by Gasteiger charge is -2.26. The molecule has 0 aliphatic carbocycles. The van der Waals surface area contributed by atoms with E-state index < -0.39 is 29.5 Å². The third-order valence-corrected chi connectivity index (χ3v) is 2.65. The van der Waals surface area contributed by atoms with E-state index in [4.69, 9.17) is 10.5 Å². The summed E-state index contributed by atoms with van der Waals surface area (Å²) in [4.78, 5) is 24.0. The molecule has 0 heterocycles. The number of hydrogen-bond donors (Lipinski definition) is 1. The molecule has 5 nitrogen and oxygen atoms in total. The van der Waals surface area contributed by atoms with Crippen LogP contribution in [0.25, 0.3) is 0 Å². The third kappa shape index (κ3) is 4.35. The van der Waals surface area contributed by atoms with E-state index >= 15 is 0 Å². The van der Waals surface area contributed by atoms with Gasteiger partial charge in [-0.05, 0) is 26.3 Å². The molecule has 0 spiro atoms. The average Bonchev–Trinajstić information content (AvgIpc) is 2.37. The maximum absolute atomic E-state index is 12.3. The Hall–Kier alpha value is -1.88. The standard InChI is InChI=1S/C15H21NO4/c1-15(2,3)20-13(17)11(12(16)14(18)19-4)10-8-6-5-7-9-10/h5-9,11-12H,16H2,1-4H3/t11-,12?/m0/s1. The summed E-state index contributed by atoms with van der Waals surface area (Å²) in [6.07, 6.45) is 0. The number of hydrogen-bond acceptors (Lipinski definition) is 5. The van der Waals surface area contributed by atoms with Crippen LogP contribution in [0.4, 0.5) is 0 Å². The first-order valence-electron chi connectivity index (χ1n) is 6.37. The van der Waals surface area contributed by atoms with Gasteiger partial charge in [0.05, 0.1) is 7.11 Å². The molecule has 0 amide bonds. The van der Waals surface area contributed by atoms with Gasteiger partial charge < -0.3 is 15.2 Å². The lowest BCUT2D eigenvalue weighted by atomic mass is 9.91. The van der Waals surface area contributed by atoms with Crippen molar-refractivity contribution < 1.29 is 19.1 Å². The van der Waals surface area contributed by atoms with E-state index in [1.165, 1.54) is 7.11 Å². The predicted octanol–water partition coefficient (Wildman–Crippen LogP) is 1.61. The van der Waals surface area contributed by atoms with Gasteiger partial charge in [0, 0.05) is 0 Å². The van der Waals surface area contributed by atoms with Crippen LogP contribution < -0.4 is 5.73 Å². The Kier molecular flexibility index (Phi) is 5.27. The van der Waals surface area contributed by atoms with Gasteiger partial charge in [0.15, 0.2) is 0 Å². The third-order valence-electron chi connectivity index (χ3n) is 2.65. The van der Waals surface area contributed by atoms with Crippen LogP contribution in [0.3, 0.4) is 0 Å². The summed E-state index contributed by atoms with van der Waals surface area (Å²) >= 11 is 0. The Labute approximate surface area is 119 Å². The zero-order valence-corrected chi connectivity index (χ0v) is 12.3. The molecule has 1 aromatic rings. The molecule has 0 aliphatic heterocycles. The first-order valence-corrected chi connectivity index (χ1v) is 6.37. The van der Waals surface area contributed by atoms with Gasteiger partial charge in [-0.1, -0.05) is 30.3 Å². The summed E-state index contributed by atoms with van der Waals surface area (Å²) in [5.41, 5.74) is 5.82. The molecule has 0 fully saturated rings. The minimum Gasteiger partial charge on any atom is -0.468 e. The molecule has 110 valence electrons. The second-order valence-corrected chi connectivity index (χ2v) is 5.47. The minimum absolute atomic E-state index is 0.540. The van der Waals surface area contributed by atoms with Crippen molar-refractivity contribution >= 4 is 11.9 Å². The fraction of sp³-hybridized carbons (Fsp3) is 0.467. The normalized spacial score (nSPS) is 14.2. The molecule has 0 radical (unpaired) electrons. The highest BCUT2D eigenvalue weighted by atomic mass is 16.6. The molecule has 1 rings (SSSR count). The van der Waals surface area contributed by atoms with E-state index in [0.29, 0.717) is 5.56 Å². The molecule has 1 aromatic carbocycles. The highest BCUT2D eigenvalue weighted by Crippen LogP contribution is 2.23. The van der Waals surface area contributed by atoms with Crippen molar-refractivity contribution in [1.82, 2.24) is 0 Å². The van der Waals surface area contributed by atoms with Crippen LogP contribution in [0.1, 0.15) is 32.3 Å². The van der Waals surface area contributed by atoms with Crippen molar-refractivity contribution in [1.29, 1.82) is 0 Å². The zero-order valence-electron chi connectivity index (χ0n) is 12.3. The molecule has 1 unspecified atom stereocenters. The van der Waals surface area contributed by atoms with Gasteiger partial charge >= 0.3 is 11.9 Å². The number of carbonyl (C=O) groups is 2. The summed E-state index contributed by atoms with van der Waals surface area (Å²) in [5.74, 6) is -2.07. The van der Waals surface area contributed by atoms with E-state index in [2.05, 4.69) is 4.74 Å². The van der Waals surface area contributed by atoms with E-state index in [9.17, 15) is 9.59 Å². The van der Waals surface area contributed by atoms with Crippen LogP contribution in [0.2, 0.25) is 0 Å². The average molecular weight is 279 g/mol. The first-order chi connectivity index (χ1) is 9.26. The van der Waals surface area contributed by atoms with Crippen LogP contribution in [0.15, 0.2) is 30.3 Å². The molecule has 0 saturated heterocycles. The zero-order chi connectivity index (χ0) is 15.3. The van der Waals surface area contributed by atoms with E-state index in [-0.39, 0.29) is 0 Å². The second kappa shape index (κ2) is 6.52. The Bertz CT molecular complexity index is 465. The lowest BCUT2D eigenvalue weighted by Crippen LogP contribution is -2.43. The minimum atomic E-state index is -1.10. The number of rotatable bonds is 4. The highest BCUT2D eigenvalue weighted by Gasteiger charge is 2.36. The van der Waals surface area contributed by atoms with Crippen molar-refractivity contribution in [2.24, 2.45) is 5.73 Å². The number of methoxy groups -OCH3 is 1. The van der Waals surface area contributed by atoms with Crippen molar-refractivity contribution in [3.63, 3.8) is 0 Å². The van der Waals surface area contributed by atoms with Crippen molar-refractivity contribution in [3.8, 4) is 0 Å². The van der Waals surface area contributed by atoms with Gasteiger partial charge in [0.2, 0.25) is 0 Å². The Morgan fingerprint density at radius 3 is 2.10 bits per heavy atom. The molecule has 2 N–H and O–H groups in total. The molecule has 5 heteroatoms. The Balaban J connectivity index is 3.08. The lowest BCUT2D eigenvalue weighted by molar-refractivity contribution is -0.160. The quantitative estimate of drug-likeness (QED) is 0.847. The Morgan fingerprint density at radius 2 is 1.65 bits per heavy atom. The Morgan fingerprint density at radius 1 is 1.10 bits per heavy atom. The number of benzene rings is 1. The molecule has 0 saturated carbocycles. The fourth-order valence-corrected chi connectivity index (χ4v) is 1.79. The van der Waals surface area contributed by atoms with Crippen LogP contribution in [-0.2, 0) is 19.1 Å².